The standard InChI is InChI=1S/C14H19F2N3O/c15-10-5-6-13(12(16)9-10)18-14(20)19(8-2-7-17)11-3-1-4-11/h5-6,9,11H,1-4,7-8,17H2,(H,18,20). The second kappa shape index (κ2) is 6.65. The zero-order valence-electron chi connectivity index (χ0n) is 11.2. The van der Waals surface area contributed by atoms with Gasteiger partial charge in [0.2, 0.25) is 0 Å². The second-order valence-electron chi connectivity index (χ2n) is 4.97. The first-order valence-corrected chi connectivity index (χ1v) is 6.84. The molecule has 1 aliphatic rings. The highest BCUT2D eigenvalue weighted by Gasteiger charge is 2.28. The first-order chi connectivity index (χ1) is 9.61. The Morgan fingerprint density at radius 2 is 2.15 bits per heavy atom. The number of rotatable bonds is 5. The first-order valence-electron chi connectivity index (χ1n) is 6.84. The molecule has 0 aliphatic heterocycles. The summed E-state index contributed by atoms with van der Waals surface area (Å²) in [7, 11) is 0. The Hall–Kier alpha value is -1.69. The minimum Gasteiger partial charge on any atom is -0.330 e. The molecule has 1 saturated carbocycles. The SMILES string of the molecule is NCCCN(C(=O)Nc1ccc(F)cc1F)C1CCC1. The molecule has 1 aromatic rings. The van der Waals surface area contributed by atoms with Crippen molar-refractivity contribution in [3.05, 3.63) is 29.8 Å². The number of benzene rings is 1. The van der Waals surface area contributed by atoms with E-state index in [1.807, 2.05) is 0 Å². The predicted molar refractivity (Wildman–Crippen MR) is 73.4 cm³/mol. The first kappa shape index (κ1) is 14.7. The minimum atomic E-state index is -0.772. The molecule has 2 amide bonds. The Morgan fingerprint density at radius 1 is 1.40 bits per heavy atom. The Bertz CT molecular complexity index is 477. The van der Waals surface area contributed by atoms with Gasteiger partial charge in [-0.05, 0) is 44.4 Å². The van der Waals surface area contributed by atoms with E-state index in [0.717, 1.165) is 31.4 Å². The number of carbonyl (C=O) groups excluding carboxylic acids is 1. The van der Waals surface area contributed by atoms with Gasteiger partial charge >= 0.3 is 6.03 Å². The van der Waals surface area contributed by atoms with Crippen molar-refractivity contribution in [1.29, 1.82) is 0 Å². The fourth-order valence-electron chi connectivity index (χ4n) is 2.19. The highest BCUT2D eigenvalue weighted by molar-refractivity contribution is 5.89. The summed E-state index contributed by atoms with van der Waals surface area (Å²) in [5.41, 5.74) is 5.46. The molecule has 0 bridgehead atoms. The maximum Gasteiger partial charge on any atom is 0.322 e. The Balaban J connectivity index is 2.03. The number of anilines is 1. The molecule has 20 heavy (non-hydrogen) atoms. The lowest BCUT2D eigenvalue weighted by molar-refractivity contribution is 0.148. The number of amides is 2. The zero-order chi connectivity index (χ0) is 14.5. The molecule has 1 aromatic carbocycles. The van der Waals surface area contributed by atoms with Crippen LogP contribution in [0.1, 0.15) is 25.7 Å². The predicted octanol–water partition coefficient (Wildman–Crippen LogP) is 2.70. The van der Waals surface area contributed by atoms with Gasteiger partial charge in [0.15, 0.2) is 0 Å². The van der Waals surface area contributed by atoms with Gasteiger partial charge in [-0.25, -0.2) is 13.6 Å². The van der Waals surface area contributed by atoms with Gasteiger partial charge in [-0.2, -0.15) is 0 Å². The summed E-state index contributed by atoms with van der Waals surface area (Å²) < 4.78 is 26.4. The minimum absolute atomic E-state index is 0.00604. The highest BCUT2D eigenvalue weighted by atomic mass is 19.1. The second-order valence-corrected chi connectivity index (χ2v) is 4.97. The van der Waals surface area contributed by atoms with Crippen LogP contribution < -0.4 is 11.1 Å². The van der Waals surface area contributed by atoms with Crippen molar-refractivity contribution in [2.24, 2.45) is 5.73 Å². The largest absolute Gasteiger partial charge is 0.330 e. The molecule has 3 N–H and O–H groups in total. The van der Waals surface area contributed by atoms with Gasteiger partial charge in [0.25, 0.3) is 0 Å². The van der Waals surface area contributed by atoms with Crippen molar-refractivity contribution >= 4 is 11.7 Å². The lowest BCUT2D eigenvalue weighted by Crippen LogP contribution is -2.47. The molecule has 0 aromatic heterocycles. The van der Waals surface area contributed by atoms with Crippen LogP contribution in [-0.2, 0) is 0 Å². The average Bonchev–Trinajstić information content (AvgIpc) is 2.35. The molecule has 6 heteroatoms. The van der Waals surface area contributed by atoms with Gasteiger partial charge < -0.3 is 16.0 Å². The van der Waals surface area contributed by atoms with Crippen molar-refractivity contribution < 1.29 is 13.6 Å². The summed E-state index contributed by atoms with van der Waals surface area (Å²) in [5.74, 6) is -1.44. The van der Waals surface area contributed by atoms with E-state index in [-0.39, 0.29) is 17.8 Å². The number of carbonyl (C=O) groups is 1. The Morgan fingerprint density at radius 3 is 2.70 bits per heavy atom. The van der Waals surface area contributed by atoms with Gasteiger partial charge in [-0.1, -0.05) is 0 Å². The molecular formula is C14H19F2N3O. The Kier molecular flexibility index (Phi) is 4.89. The van der Waals surface area contributed by atoms with Gasteiger partial charge in [0.1, 0.15) is 11.6 Å². The molecule has 0 unspecified atom stereocenters. The molecule has 1 aliphatic carbocycles. The van der Waals surface area contributed by atoms with E-state index in [2.05, 4.69) is 5.32 Å². The quantitative estimate of drug-likeness (QED) is 0.873. The molecular weight excluding hydrogens is 264 g/mol. The van der Waals surface area contributed by atoms with E-state index in [4.69, 9.17) is 5.73 Å². The van der Waals surface area contributed by atoms with Gasteiger partial charge in [-0.3, -0.25) is 0 Å². The Labute approximate surface area is 116 Å². The van der Waals surface area contributed by atoms with Crippen LogP contribution in [0.5, 0.6) is 0 Å². The zero-order valence-corrected chi connectivity index (χ0v) is 11.2. The van der Waals surface area contributed by atoms with Crippen molar-refractivity contribution in [3.63, 3.8) is 0 Å². The van der Waals surface area contributed by atoms with E-state index in [1.165, 1.54) is 6.07 Å². The third-order valence-electron chi connectivity index (χ3n) is 3.55. The number of halogens is 2. The van der Waals surface area contributed by atoms with Crippen LogP contribution in [0.3, 0.4) is 0 Å². The molecule has 2 rings (SSSR count). The molecule has 110 valence electrons. The topological polar surface area (TPSA) is 58.4 Å². The van der Waals surface area contributed by atoms with Crippen molar-refractivity contribution in [2.75, 3.05) is 18.4 Å². The van der Waals surface area contributed by atoms with E-state index in [9.17, 15) is 13.6 Å². The van der Waals surface area contributed by atoms with E-state index >= 15 is 0 Å². The highest BCUT2D eigenvalue weighted by Crippen LogP contribution is 2.26. The smallest absolute Gasteiger partial charge is 0.322 e. The summed E-state index contributed by atoms with van der Waals surface area (Å²) >= 11 is 0. The average molecular weight is 283 g/mol. The number of urea groups is 1. The third kappa shape index (κ3) is 3.45. The van der Waals surface area contributed by atoms with E-state index in [0.29, 0.717) is 19.5 Å². The van der Waals surface area contributed by atoms with Crippen LogP contribution >= 0.6 is 0 Å². The number of hydrogen-bond acceptors (Lipinski definition) is 2. The number of nitrogens with two attached hydrogens (primary N) is 1. The van der Waals surface area contributed by atoms with Crippen molar-refractivity contribution in [1.82, 2.24) is 4.90 Å². The fourth-order valence-corrected chi connectivity index (χ4v) is 2.19. The summed E-state index contributed by atoms with van der Waals surface area (Å²) in [5, 5.41) is 2.50. The molecule has 0 saturated heterocycles. The number of hydrogen-bond donors (Lipinski definition) is 2. The fraction of sp³-hybridized carbons (Fsp3) is 0.500. The van der Waals surface area contributed by atoms with Crippen LogP contribution in [0, 0.1) is 11.6 Å². The van der Waals surface area contributed by atoms with Crippen LogP contribution in [0.2, 0.25) is 0 Å². The summed E-state index contributed by atoms with van der Waals surface area (Å²) in [6.07, 6.45) is 3.73. The molecule has 0 atom stereocenters. The molecule has 0 radical (unpaired) electrons. The number of nitrogens with zero attached hydrogens (tertiary/aromatic N) is 1. The summed E-state index contributed by atoms with van der Waals surface area (Å²) in [4.78, 5) is 13.9. The lowest BCUT2D eigenvalue weighted by Gasteiger charge is -2.37. The maximum absolute atomic E-state index is 13.5. The van der Waals surface area contributed by atoms with Crippen LogP contribution in [0.4, 0.5) is 19.3 Å². The molecule has 4 nitrogen and oxygen atoms in total. The normalized spacial score (nSPS) is 14.8. The number of nitrogens with one attached hydrogen (secondary N) is 1. The van der Waals surface area contributed by atoms with E-state index < -0.39 is 11.6 Å². The van der Waals surface area contributed by atoms with Crippen LogP contribution in [0.25, 0.3) is 0 Å². The van der Waals surface area contributed by atoms with Crippen molar-refractivity contribution in [2.45, 2.75) is 31.7 Å². The molecule has 0 spiro atoms. The van der Waals surface area contributed by atoms with Gasteiger partial charge in [0, 0.05) is 18.7 Å². The van der Waals surface area contributed by atoms with Gasteiger partial charge in [0.05, 0.1) is 5.69 Å². The van der Waals surface area contributed by atoms with Gasteiger partial charge in [-0.15, -0.1) is 0 Å². The monoisotopic (exact) mass is 283 g/mol. The van der Waals surface area contributed by atoms with E-state index in [1.54, 1.807) is 4.90 Å². The summed E-state index contributed by atoms with van der Waals surface area (Å²) in [6, 6.07) is 2.94. The maximum atomic E-state index is 13.5. The van der Waals surface area contributed by atoms with Crippen LogP contribution in [-0.4, -0.2) is 30.1 Å². The lowest BCUT2D eigenvalue weighted by atomic mass is 9.91. The van der Waals surface area contributed by atoms with Crippen LogP contribution in [0.15, 0.2) is 18.2 Å². The van der Waals surface area contributed by atoms with Crippen molar-refractivity contribution in [3.8, 4) is 0 Å². The third-order valence-corrected chi connectivity index (χ3v) is 3.55. The molecule has 0 heterocycles. The summed E-state index contributed by atoms with van der Waals surface area (Å²) in [6.45, 7) is 1.05. The molecule has 1 fully saturated rings.